The van der Waals surface area contributed by atoms with Crippen LogP contribution in [0.25, 0.3) is 0 Å². The first-order chi connectivity index (χ1) is 6.59. The van der Waals surface area contributed by atoms with E-state index in [9.17, 15) is 9.59 Å². The molecule has 0 spiro atoms. The van der Waals surface area contributed by atoms with Gasteiger partial charge in [-0.15, -0.1) is 0 Å². The molecule has 0 aliphatic heterocycles. The summed E-state index contributed by atoms with van der Waals surface area (Å²) in [6, 6.07) is 0. The summed E-state index contributed by atoms with van der Waals surface area (Å²) >= 11 is 0. The number of ketones is 1. The summed E-state index contributed by atoms with van der Waals surface area (Å²) in [4.78, 5) is 22.3. The molecular formula is C11H16O3. The number of esters is 1. The van der Waals surface area contributed by atoms with Crippen LogP contribution >= 0.6 is 0 Å². The lowest BCUT2D eigenvalue weighted by Crippen LogP contribution is -2.15. The van der Waals surface area contributed by atoms with Crippen LogP contribution in [-0.2, 0) is 14.3 Å². The van der Waals surface area contributed by atoms with Gasteiger partial charge in [0.25, 0.3) is 0 Å². The Morgan fingerprint density at radius 1 is 1.57 bits per heavy atom. The molecule has 0 saturated heterocycles. The highest BCUT2D eigenvalue weighted by Gasteiger charge is 2.29. The zero-order valence-corrected chi connectivity index (χ0v) is 8.71. The van der Waals surface area contributed by atoms with E-state index < -0.39 is 0 Å². The fourth-order valence-electron chi connectivity index (χ4n) is 1.42. The van der Waals surface area contributed by atoms with E-state index in [2.05, 4.69) is 0 Å². The molecule has 1 saturated carbocycles. The van der Waals surface area contributed by atoms with Gasteiger partial charge in [-0.1, -0.05) is 5.57 Å². The number of hydrogen-bond acceptors (Lipinski definition) is 3. The van der Waals surface area contributed by atoms with E-state index in [1.165, 1.54) is 0 Å². The molecule has 0 aromatic carbocycles. The van der Waals surface area contributed by atoms with Crippen LogP contribution in [0.15, 0.2) is 11.6 Å². The monoisotopic (exact) mass is 196 g/mol. The van der Waals surface area contributed by atoms with E-state index >= 15 is 0 Å². The Hall–Kier alpha value is -1.12. The van der Waals surface area contributed by atoms with Crippen molar-refractivity contribution in [1.82, 2.24) is 0 Å². The molecule has 3 nitrogen and oxygen atoms in total. The Labute approximate surface area is 84.1 Å². The van der Waals surface area contributed by atoms with Crippen molar-refractivity contribution in [3.8, 4) is 0 Å². The third-order valence-electron chi connectivity index (χ3n) is 2.30. The predicted octanol–water partition coefficient (Wildman–Crippen LogP) is 1.86. The number of carbonyl (C=O) groups is 2. The first-order valence-corrected chi connectivity index (χ1v) is 4.91. The third-order valence-corrected chi connectivity index (χ3v) is 2.30. The summed E-state index contributed by atoms with van der Waals surface area (Å²) in [5.74, 6) is -0.240. The maximum absolute atomic E-state index is 11.4. The van der Waals surface area contributed by atoms with Crippen molar-refractivity contribution in [3.63, 3.8) is 0 Å². The highest BCUT2D eigenvalue weighted by Crippen LogP contribution is 2.22. The molecule has 1 aliphatic carbocycles. The highest BCUT2D eigenvalue weighted by molar-refractivity contribution is 5.87. The van der Waals surface area contributed by atoms with Crippen LogP contribution in [0.1, 0.15) is 33.1 Å². The lowest BCUT2D eigenvalue weighted by atomic mass is 10.1. The van der Waals surface area contributed by atoms with Crippen LogP contribution in [-0.4, -0.2) is 18.4 Å². The van der Waals surface area contributed by atoms with Crippen molar-refractivity contribution in [3.05, 3.63) is 11.6 Å². The van der Waals surface area contributed by atoms with Crippen molar-refractivity contribution in [2.24, 2.45) is 5.92 Å². The number of rotatable bonds is 3. The Morgan fingerprint density at radius 3 is 2.79 bits per heavy atom. The molecule has 1 unspecified atom stereocenters. The first kappa shape index (κ1) is 11.0. The van der Waals surface area contributed by atoms with Gasteiger partial charge in [-0.05, 0) is 26.3 Å². The van der Waals surface area contributed by atoms with Gasteiger partial charge in [0.15, 0.2) is 0 Å². The smallest absolute Gasteiger partial charge is 0.309 e. The largest absolute Gasteiger partial charge is 0.461 e. The molecule has 0 radical (unpaired) electrons. The number of allylic oxidation sites excluding steroid dienone is 1. The molecule has 14 heavy (non-hydrogen) atoms. The summed E-state index contributed by atoms with van der Waals surface area (Å²) in [6.45, 7) is 4.23. The van der Waals surface area contributed by atoms with E-state index in [0.29, 0.717) is 25.9 Å². The summed E-state index contributed by atoms with van der Waals surface area (Å²) in [7, 11) is 0. The summed E-state index contributed by atoms with van der Waals surface area (Å²) in [6.07, 6.45) is 3.41. The van der Waals surface area contributed by atoms with Crippen LogP contribution in [0.4, 0.5) is 0 Å². The quantitative estimate of drug-likeness (QED) is 0.511. The molecule has 1 aliphatic rings. The van der Waals surface area contributed by atoms with Gasteiger partial charge in [-0.3, -0.25) is 9.59 Å². The molecule has 1 atom stereocenters. The van der Waals surface area contributed by atoms with E-state index in [4.69, 9.17) is 4.74 Å². The highest BCUT2D eigenvalue weighted by atomic mass is 16.5. The fourth-order valence-corrected chi connectivity index (χ4v) is 1.42. The second kappa shape index (κ2) is 4.94. The molecule has 78 valence electrons. The minimum atomic E-state index is -0.228. The molecule has 0 bridgehead atoms. The standard InChI is InChI=1S/C11H16O3/c1-8(2)5-6-14-11(13)9-3-4-10(12)7-9/h5,9H,3-4,6-7H2,1-2H3. The lowest BCUT2D eigenvalue weighted by Gasteiger charge is -2.06. The predicted molar refractivity (Wildman–Crippen MR) is 52.7 cm³/mol. The molecule has 0 heterocycles. The topological polar surface area (TPSA) is 43.4 Å². The van der Waals surface area contributed by atoms with Gasteiger partial charge in [0.05, 0.1) is 5.92 Å². The minimum absolute atomic E-state index is 0.175. The second-order valence-corrected chi connectivity index (χ2v) is 3.89. The van der Waals surface area contributed by atoms with E-state index in [1.807, 2.05) is 19.9 Å². The maximum atomic E-state index is 11.4. The van der Waals surface area contributed by atoms with E-state index in [1.54, 1.807) is 0 Å². The van der Waals surface area contributed by atoms with Gasteiger partial charge in [0.2, 0.25) is 0 Å². The van der Waals surface area contributed by atoms with Crippen LogP contribution in [0.3, 0.4) is 0 Å². The minimum Gasteiger partial charge on any atom is -0.461 e. The molecule has 3 heteroatoms. The van der Waals surface area contributed by atoms with Crippen molar-refractivity contribution >= 4 is 11.8 Å². The third kappa shape index (κ3) is 3.32. The van der Waals surface area contributed by atoms with Crippen LogP contribution in [0, 0.1) is 5.92 Å². The van der Waals surface area contributed by atoms with Crippen molar-refractivity contribution < 1.29 is 14.3 Å². The normalized spacial score (nSPS) is 20.7. The zero-order chi connectivity index (χ0) is 10.6. The van der Waals surface area contributed by atoms with Crippen molar-refractivity contribution in [2.75, 3.05) is 6.61 Å². The van der Waals surface area contributed by atoms with Crippen LogP contribution in [0.5, 0.6) is 0 Å². The van der Waals surface area contributed by atoms with Crippen molar-refractivity contribution in [2.45, 2.75) is 33.1 Å². The summed E-state index contributed by atoms with van der Waals surface area (Å²) in [5, 5.41) is 0. The molecule has 1 rings (SSSR count). The second-order valence-electron chi connectivity index (χ2n) is 3.89. The van der Waals surface area contributed by atoms with E-state index in [-0.39, 0.29) is 17.7 Å². The first-order valence-electron chi connectivity index (χ1n) is 4.91. The average Bonchev–Trinajstić information content (AvgIpc) is 2.51. The maximum Gasteiger partial charge on any atom is 0.309 e. The van der Waals surface area contributed by atoms with Gasteiger partial charge < -0.3 is 4.74 Å². The zero-order valence-electron chi connectivity index (χ0n) is 8.71. The Kier molecular flexibility index (Phi) is 3.86. The Balaban J connectivity index is 2.29. The molecule has 0 aromatic rings. The average molecular weight is 196 g/mol. The molecular weight excluding hydrogens is 180 g/mol. The Bertz CT molecular complexity index is 262. The van der Waals surface area contributed by atoms with Gasteiger partial charge in [0, 0.05) is 12.8 Å². The van der Waals surface area contributed by atoms with Gasteiger partial charge in [0.1, 0.15) is 12.4 Å². The van der Waals surface area contributed by atoms with Crippen molar-refractivity contribution in [1.29, 1.82) is 0 Å². The molecule has 1 fully saturated rings. The fraction of sp³-hybridized carbons (Fsp3) is 0.636. The SMILES string of the molecule is CC(C)=CCOC(=O)C1CCC(=O)C1. The molecule has 0 N–H and O–H groups in total. The summed E-state index contributed by atoms with van der Waals surface area (Å²) < 4.78 is 5.02. The number of carbonyl (C=O) groups excluding carboxylic acids is 2. The molecule has 0 amide bonds. The van der Waals surface area contributed by atoms with E-state index in [0.717, 1.165) is 5.57 Å². The number of Topliss-reactive ketones (excluding diaryl/α,β-unsaturated/α-hetero) is 1. The van der Waals surface area contributed by atoms with Gasteiger partial charge in [-0.2, -0.15) is 0 Å². The summed E-state index contributed by atoms with van der Waals surface area (Å²) in [5.41, 5.74) is 1.13. The number of ether oxygens (including phenoxy) is 1. The Morgan fingerprint density at radius 2 is 2.29 bits per heavy atom. The van der Waals surface area contributed by atoms with Gasteiger partial charge >= 0.3 is 5.97 Å². The number of hydrogen-bond donors (Lipinski definition) is 0. The van der Waals surface area contributed by atoms with Gasteiger partial charge in [-0.25, -0.2) is 0 Å². The molecule has 0 aromatic heterocycles. The lowest BCUT2D eigenvalue weighted by molar-refractivity contribution is -0.147. The van der Waals surface area contributed by atoms with Crippen LogP contribution in [0.2, 0.25) is 0 Å². The van der Waals surface area contributed by atoms with Crippen LogP contribution < -0.4 is 0 Å².